The van der Waals surface area contributed by atoms with E-state index in [4.69, 9.17) is 20.9 Å². The molecule has 2 atom stereocenters. The van der Waals surface area contributed by atoms with Crippen molar-refractivity contribution in [1.82, 2.24) is 5.32 Å². The number of carbonyl (C=O) groups is 2. The number of ketones is 1. The van der Waals surface area contributed by atoms with E-state index in [1.807, 2.05) is 0 Å². The van der Waals surface area contributed by atoms with Crippen LogP contribution < -0.4 is 26.3 Å². The van der Waals surface area contributed by atoms with E-state index >= 15 is 0 Å². The monoisotopic (exact) mass is 645 g/mol. The Bertz CT molecular complexity index is 1500. The minimum Gasteiger partial charge on any atom is -0.493 e. The van der Waals surface area contributed by atoms with Crippen molar-refractivity contribution in [3.05, 3.63) is 71.8 Å². The standard InChI is InChI=1S/C29H39N7O10/c1-17(20-15-26(46-29(2,3)4)25(45-5)16-23(20)36(43)44)13-24(37)21(7-6-12-32-28(30)31)33-27(38)11-9-18-8-10-19(34(39)40)14-22(18)35(41)42/h8,10,14-17,21H,6-7,9,11-13H2,1-5H3,(H,33,38)(H4,30,31,32). The number of methoxy groups -OCH3 is 1. The number of nitrogens with two attached hydrogens (primary N) is 2. The zero-order valence-corrected chi connectivity index (χ0v) is 26.3. The van der Waals surface area contributed by atoms with Crippen molar-refractivity contribution in [3.63, 3.8) is 0 Å². The lowest BCUT2D eigenvalue weighted by molar-refractivity contribution is -0.394. The number of guanidine groups is 1. The largest absolute Gasteiger partial charge is 0.493 e. The molecule has 0 heterocycles. The van der Waals surface area contributed by atoms with E-state index in [1.54, 1.807) is 27.7 Å². The van der Waals surface area contributed by atoms with Crippen LogP contribution in [0.25, 0.3) is 0 Å². The first kappa shape index (κ1) is 36.8. The predicted molar refractivity (Wildman–Crippen MR) is 168 cm³/mol. The molecule has 0 aliphatic carbocycles. The maximum Gasteiger partial charge on any atom is 0.279 e. The quantitative estimate of drug-likeness (QED) is 0.0729. The van der Waals surface area contributed by atoms with E-state index < -0.39 is 55.4 Å². The molecule has 17 nitrogen and oxygen atoms in total. The second-order valence-electron chi connectivity index (χ2n) is 11.5. The maximum absolute atomic E-state index is 13.5. The maximum atomic E-state index is 13.5. The molecule has 0 aromatic heterocycles. The molecule has 2 aromatic rings. The molecule has 250 valence electrons. The van der Waals surface area contributed by atoms with Crippen molar-refractivity contribution < 1.29 is 33.8 Å². The number of aryl methyl sites for hydroxylation is 1. The molecule has 0 radical (unpaired) electrons. The van der Waals surface area contributed by atoms with Crippen LogP contribution in [0.15, 0.2) is 35.3 Å². The Morgan fingerprint density at radius 3 is 2.17 bits per heavy atom. The third-order valence-corrected chi connectivity index (χ3v) is 6.73. The van der Waals surface area contributed by atoms with Gasteiger partial charge in [0.05, 0.1) is 40.1 Å². The number of aliphatic imine (C=N–C) groups is 1. The summed E-state index contributed by atoms with van der Waals surface area (Å²) in [6.07, 6.45) is -0.134. The molecule has 17 heteroatoms. The Morgan fingerprint density at radius 1 is 0.978 bits per heavy atom. The second-order valence-corrected chi connectivity index (χ2v) is 11.5. The molecule has 0 bridgehead atoms. The molecular weight excluding hydrogens is 606 g/mol. The van der Waals surface area contributed by atoms with Gasteiger partial charge in [0, 0.05) is 36.6 Å². The number of benzene rings is 2. The number of nitrogens with one attached hydrogen (secondary N) is 1. The summed E-state index contributed by atoms with van der Waals surface area (Å²) in [5.74, 6) is -1.43. The minimum absolute atomic E-state index is 0.107. The second kappa shape index (κ2) is 16.1. The first-order chi connectivity index (χ1) is 21.4. The molecule has 1 amide bonds. The van der Waals surface area contributed by atoms with Crippen molar-refractivity contribution in [2.45, 2.75) is 77.4 Å². The van der Waals surface area contributed by atoms with Crippen molar-refractivity contribution in [2.24, 2.45) is 16.5 Å². The van der Waals surface area contributed by atoms with Gasteiger partial charge in [-0.05, 0) is 58.1 Å². The molecule has 0 saturated heterocycles. The molecular formula is C29H39N7O10. The first-order valence-electron chi connectivity index (χ1n) is 14.3. The van der Waals surface area contributed by atoms with Crippen LogP contribution in [0, 0.1) is 30.3 Å². The molecule has 0 aliphatic heterocycles. The summed E-state index contributed by atoms with van der Waals surface area (Å²) in [5, 5.41) is 37.1. The molecule has 2 aromatic carbocycles. The number of Topliss-reactive ketones (excluding diaryl/α,β-unsaturated/α-hetero) is 1. The summed E-state index contributed by atoms with van der Waals surface area (Å²) in [5.41, 5.74) is 9.20. The van der Waals surface area contributed by atoms with Crippen LogP contribution >= 0.6 is 0 Å². The summed E-state index contributed by atoms with van der Waals surface area (Å²) < 4.78 is 11.2. The van der Waals surface area contributed by atoms with Crippen LogP contribution in [-0.4, -0.2) is 57.7 Å². The van der Waals surface area contributed by atoms with E-state index in [9.17, 15) is 39.9 Å². The Labute approximate surface area is 264 Å². The highest BCUT2D eigenvalue weighted by Crippen LogP contribution is 2.40. The number of amides is 1. The van der Waals surface area contributed by atoms with E-state index in [-0.39, 0.29) is 66.5 Å². The third kappa shape index (κ3) is 11.0. The zero-order chi connectivity index (χ0) is 34.8. The van der Waals surface area contributed by atoms with Gasteiger partial charge in [0.1, 0.15) is 5.60 Å². The molecule has 0 fully saturated rings. The van der Waals surface area contributed by atoms with Gasteiger partial charge in [-0.25, -0.2) is 0 Å². The Morgan fingerprint density at radius 2 is 1.63 bits per heavy atom. The van der Waals surface area contributed by atoms with Crippen LogP contribution in [0.5, 0.6) is 11.5 Å². The van der Waals surface area contributed by atoms with Crippen molar-refractivity contribution in [1.29, 1.82) is 0 Å². The molecule has 5 N–H and O–H groups in total. The van der Waals surface area contributed by atoms with Gasteiger partial charge in [-0.3, -0.25) is 44.9 Å². The molecule has 2 rings (SSSR count). The van der Waals surface area contributed by atoms with Crippen LogP contribution in [0.3, 0.4) is 0 Å². The third-order valence-electron chi connectivity index (χ3n) is 6.73. The van der Waals surface area contributed by atoms with E-state index in [2.05, 4.69) is 10.3 Å². The van der Waals surface area contributed by atoms with Gasteiger partial charge in [0.15, 0.2) is 23.2 Å². The van der Waals surface area contributed by atoms with Crippen LogP contribution in [0.1, 0.15) is 70.4 Å². The van der Waals surface area contributed by atoms with Crippen LogP contribution in [0.4, 0.5) is 17.1 Å². The number of nitro benzene ring substituents is 3. The first-order valence-corrected chi connectivity index (χ1v) is 14.3. The topological polar surface area (TPSA) is 258 Å². The molecule has 2 unspecified atom stereocenters. The van der Waals surface area contributed by atoms with Gasteiger partial charge in [-0.1, -0.05) is 6.92 Å². The van der Waals surface area contributed by atoms with Gasteiger partial charge in [-0.2, -0.15) is 0 Å². The summed E-state index contributed by atoms with van der Waals surface area (Å²) in [7, 11) is 1.36. The normalized spacial score (nSPS) is 12.4. The molecule has 0 saturated carbocycles. The fourth-order valence-corrected chi connectivity index (χ4v) is 4.62. The predicted octanol–water partition coefficient (Wildman–Crippen LogP) is 3.83. The lowest BCUT2D eigenvalue weighted by Gasteiger charge is -2.24. The summed E-state index contributed by atoms with van der Waals surface area (Å²) in [6, 6.07) is 4.82. The summed E-state index contributed by atoms with van der Waals surface area (Å²) in [6.45, 7) is 7.21. The summed E-state index contributed by atoms with van der Waals surface area (Å²) in [4.78, 5) is 62.7. The molecule has 0 aliphatic rings. The number of nitro groups is 3. The number of non-ortho nitro benzene ring substituents is 1. The Kier molecular flexibility index (Phi) is 12.9. The van der Waals surface area contributed by atoms with Crippen LogP contribution in [-0.2, 0) is 16.0 Å². The highest BCUT2D eigenvalue weighted by atomic mass is 16.6. The van der Waals surface area contributed by atoms with E-state index in [1.165, 1.54) is 25.3 Å². The highest BCUT2D eigenvalue weighted by Gasteiger charge is 2.29. The SMILES string of the molecule is COc1cc([N+](=O)[O-])c(C(C)CC(=O)C(CCCN=C(N)N)NC(=O)CCc2ccc([N+](=O)[O-])cc2[N+](=O)[O-])cc1OC(C)(C)C. The van der Waals surface area contributed by atoms with Crippen molar-refractivity contribution in [3.8, 4) is 11.5 Å². The number of ether oxygens (including phenoxy) is 2. The Hall–Kier alpha value is -5.35. The van der Waals surface area contributed by atoms with Gasteiger partial charge in [0.2, 0.25) is 5.91 Å². The zero-order valence-electron chi connectivity index (χ0n) is 26.3. The average Bonchev–Trinajstić information content (AvgIpc) is 2.95. The number of hydrogen-bond acceptors (Lipinski definition) is 11. The van der Waals surface area contributed by atoms with E-state index in [0.29, 0.717) is 6.42 Å². The van der Waals surface area contributed by atoms with Gasteiger partial charge >= 0.3 is 0 Å². The van der Waals surface area contributed by atoms with Crippen LogP contribution in [0.2, 0.25) is 0 Å². The molecule has 0 spiro atoms. The smallest absolute Gasteiger partial charge is 0.279 e. The minimum atomic E-state index is -1.03. The average molecular weight is 646 g/mol. The van der Waals surface area contributed by atoms with Crippen molar-refractivity contribution in [2.75, 3.05) is 13.7 Å². The highest BCUT2D eigenvalue weighted by molar-refractivity contribution is 5.89. The summed E-state index contributed by atoms with van der Waals surface area (Å²) >= 11 is 0. The van der Waals surface area contributed by atoms with Gasteiger partial charge in [-0.15, -0.1) is 0 Å². The number of carbonyl (C=O) groups excluding carboxylic acids is 2. The lowest BCUT2D eigenvalue weighted by atomic mass is 9.90. The van der Waals surface area contributed by atoms with Gasteiger partial charge in [0.25, 0.3) is 17.1 Å². The number of hydrogen-bond donors (Lipinski definition) is 3. The fraction of sp³-hybridized carbons (Fsp3) is 0.483. The number of nitrogens with zero attached hydrogens (tertiary/aromatic N) is 4. The number of rotatable bonds is 17. The Balaban J connectivity index is 2.30. The van der Waals surface area contributed by atoms with Gasteiger partial charge < -0.3 is 26.3 Å². The fourth-order valence-electron chi connectivity index (χ4n) is 4.62. The molecule has 46 heavy (non-hydrogen) atoms. The lowest BCUT2D eigenvalue weighted by Crippen LogP contribution is -2.41. The van der Waals surface area contributed by atoms with E-state index in [0.717, 1.165) is 12.1 Å². The van der Waals surface area contributed by atoms with Crippen molar-refractivity contribution >= 4 is 34.7 Å².